The molecule has 2 aliphatic rings. The molecular weight excluding hydrogens is 224 g/mol. The van der Waals surface area contributed by atoms with E-state index in [9.17, 15) is 0 Å². The fourth-order valence-corrected chi connectivity index (χ4v) is 6.72. The molecular formula is C8H10S4. The van der Waals surface area contributed by atoms with Gasteiger partial charge < -0.3 is 0 Å². The Bertz CT molecular complexity index is 221. The first kappa shape index (κ1) is 9.44. The Morgan fingerprint density at radius 1 is 1.17 bits per heavy atom. The van der Waals surface area contributed by atoms with Crippen LogP contribution in [-0.4, -0.2) is 11.5 Å². The zero-order chi connectivity index (χ0) is 8.55. The van der Waals surface area contributed by atoms with Crippen LogP contribution in [0, 0.1) is 5.92 Å². The highest BCUT2D eigenvalue weighted by Crippen LogP contribution is 2.58. The molecule has 0 aromatic carbocycles. The number of hydrogen-bond donors (Lipinski definition) is 0. The van der Waals surface area contributed by atoms with Crippen molar-refractivity contribution in [1.82, 2.24) is 0 Å². The largest absolute Gasteiger partial charge is 0.117 e. The standard InChI is InChI=1S/C8H10S4/c1-5-3-9-7-8(10-4-5)12-6(2)11-7/h5H,2-4H2,1H3. The lowest BCUT2D eigenvalue weighted by molar-refractivity contribution is 0.767. The van der Waals surface area contributed by atoms with E-state index in [1.165, 1.54) is 24.2 Å². The molecule has 0 nitrogen and oxygen atoms in total. The molecule has 4 heteroatoms. The highest BCUT2D eigenvalue weighted by molar-refractivity contribution is 8.40. The van der Waals surface area contributed by atoms with Crippen LogP contribution in [0.5, 0.6) is 0 Å². The van der Waals surface area contributed by atoms with Crippen molar-refractivity contribution in [3.63, 3.8) is 0 Å². The summed E-state index contributed by atoms with van der Waals surface area (Å²) in [6, 6.07) is 0. The molecule has 66 valence electrons. The average Bonchev–Trinajstić information content (AvgIpc) is 2.31. The van der Waals surface area contributed by atoms with Gasteiger partial charge in [-0.3, -0.25) is 0 Å². The number of hydrogen-bond acceptors (Lipinski definition) is 4. The van der Waals surface area contributed by atoms with E-state index in [1.807, 2.05) is 47.0 Å². The van der Waals surface area contributed by atoms with Crippen molar-refractivity contribution in [2.75, 3.05) is 11.5 Å². The van der Waals surface area contributed by atoms with E-state index in [1.54, 1.807) is 0 Å². The zero-order valence-corrected chi connectivity index (χ0v) is 10.1. The summed E-state index contributed by atoms with van der Waals surface area (Å²) in [5.74, 6) is 3.39. The molecule has 0 fully saturated rings. The summed E-state index contributed by atoms with van der Waals surface area (Å²) in [7, 11) is 0. The fraction of sp³-hybridized carbons (Fsp3) is 0.500. The van der Waals surface area contributed by atoms with Gasteiger partial charge in [0.1, 0.15) is 0 Å². The molecule has 2 aliphatic heterocycles. The Balaban J connectivity index is 2.09. The molecule has 0 radical (unpaired) electrons. The lowest BCUT2D eigenvalue weighted by atomic mass is 10.3. The van der Waals surface area contributed by atoms with E-state index in [-0.39, 0.29) is 0 Å². The Labute approximate surface area is 90.4 Å². The van der Waals surface area contributed by atoms with Gasteiger partial charge in [0, 0.05) is 15.7 Å². The van der Waals surface area contributed by atoms with E-state index in [4.69, 9.17) is 0 Å². The summed E-state index contributed by atoms with van der Waals surface area (Å²) >= 11 is 7.72. The Morgan fingerprint density at radius 2 is 1.67 bits per heavy atom. The van der Waals surface area contributed by atoms with Crippen molar-refractivity contribution in [2.24, 2.45) is 5.92 Å². The van der Waals surface area contributed by atoms with E-state index < -0.39 is 0 Å². The normalized spacial score (nSPS) is 25.9. The van der Waals surface area contributed by atoms with Gasteiger partial charge in [-0.1, -0.05) is 37.0 Å². The smallest absolute Gasteiger partial charge is 0.0659 e. The molecule has 0 spiro atoms. The topological polar surface area (TPSA) is 0 Å². The first-order chi connectivity index (χ1) is 5.75. The van der Waals surface area contributed by atoms with E-state index >= 15 is 0 Å². The lowest BCUT2D eigenvalue weighted by Gasteiger charge is -2.05. The second-order valence-electron chi connectivity index (χ2n) is 2.88. The highest BCUT2D eigenvalue weighted by atomic mass is 32.3. The summed E-state index contributed by atoms with van der Waals surface area (Å²) in [6.45, 7) is 6.31. The van der Waals surface area contributed by atoms with Gasteiger partial charge in [-0.2, -0.15) is 0 Å². The molecule has 0 bridgehead atoms. The Kier molecular flexibility index (Phi) is 3.10. The summed E-state index contributed by atoms with van der Waals surface area (Å²) in [4.78, 5) is 0. The van der Waals surface area contributed by atoms with Crippen LogP contribution in [0.3, 0.4) is 0 Å². The average molecular weight is 234 g/mol. The zero-order valence-electron chi connectivity index (χ0n) is 6.83. The number of rotatable bonds is 0. The molecule has 0 amide bonds. The van der Waals surface area contributed by atoms with Crippen LogP contribution in [0.2, 0.25) is 0 Å². The summed E-state index contributed by atoms with van der Waals surface area (Å²) in [5.41, 5.74) is 0. The number of thioether (sulfide) groups is 4. The van der Waals surface area contributed by atoms with Gasteiger partial charge in [-0.25, -0.2) is 0 Å². The van der Waals surface area contributed by atoms with Crippen LogP contribution < -0.4 is 0 Å². The minimum atomic E-state index is 0.847. The Hall–Kier alpha value is 0.880. The maximum Gasteiger partial charge on any atom is 0.0659 e. The third-order valence-electron chi connectivity index (χ3n) is 1.58. The van der Waals surface area contributed by atoms with Crippen molar-refractivity contribution < 1.29 is 0 Å². The van der Waals surface area contributed by atoms with Gasteiger partial charge in [0.15, 0.2) is 0 Å². The molecule has 0 saturated heterocycles. The molecule has 0 atom stereocenters. The molecule has 0 N–H and O–H groups in total. The molecule has 0 aliphatic carbocycles. The SMILES string of the molecule is C=C1SC2=C(SCC(C)CS2)S1. The van der Waals surface area contributed by atoms with Gasteiger partial charge in [0.25, 0.3) is 0 Å². The van der Waals surface area contributed by atoms with Gasteiger partial charge in [-0.15, -0.1) is 23.5 Å². The Morgan fingerprint density at radius 3 is 2.17 bits per heavy atom. The van der Waals surface area contributed by atoms with Gasteiger partial charge >= 0.3 is 0 Å². The van der Waals surface area contributed by atoms with E-state index in [2.05, 4.69) is 13.5 Å². The van der Waals surface area contributed by atoms with Gasteiger partial charge in [0.2, 0.25) is 0 Å². The minimum Gasteiger partial charge on any atom is -0.117 e. The van der Waals surface area contributed by atoms with E-state index in [0.29, 0.717) is 0 Å². The third-order valence-corrected chi connectivity index (χ3v) is 7.44. The maximum atomic E-state index is 3.99. The maximum absolute atomic E-state index is 3.99. The first-order valence-corrected chi connectivity index (χ1v) is 7.40. The van der Waals surface area contributed by atoms with Crippen molar-refractivity contribution >= 4 is 47.0 Å². The molecule has 2 rings (SSSR count). The fourth-order valence-electron chi connectivity index (χ4n) is 0.972. The molecule has 2 heterocycles. The molecule has 12 heavy (non-hydrogen) atoms. The van der Waals surface area contributed by atoms with Crippen molar-refractivity contribution in [1.29, 1.82) is 0 Å². The van der Waals surface area contributed by atoms with Crippen LogP contribution in [0.4, 0.5) is 0 Å². The van der Waals surface area contributed by atoms with Crippen LogP contribution in [-0.2, 0) is 0 Å². The minimum absolute atomic E-state index is 0.847. The van der Waals surface area contributed by atoms with Crippen LogP contribution in [0.25, 0.3) is 0 Å². The molecule has 0 aromatic rings. The van der Waals surface area contributed by atoms with Crippen LogP contribution in [0.15, 0.2) is 19.3 Å². The second-order valence-corrected chi connectivity index (χ2v) is 7.92. The summed E-state index contributed by atoms with van der Waals surface area (Å²) in [5, 5.41) is 0. The van der Waals surface area contributed by atoms with E-state index in [0.717, 1.165) is 5.92 Å². The monoisotopic (exact) mass is 234 g/mol. The van der Waals surface area contributed by atoms with Crippen LogP contribution >= 0.6 is 47.0 Å². The molecule has 0 saturated carbocycles. The quantitative estimate of drug-likeness (QED) is 0.616. The third kappa shape index (κ3) is 2.03. The van der Waals surface area contributed by atoms with Crippen molar-refractivity contribution in [2.45, 2.75) is 6.92 Å². The summed E-state index contributed by atoms with van der Waals surface area (Å²) < 4.78 is 4.24. The van der Waals surface area contributed by atoms with Crippen LogP contribution in [0.1, 0.15) is 6.92 Å². The highest BCUT2D eigenvalue weighted by Gasteiger charge is 2.24. The summed E-state index contributed by atoms with van der Waals surface area (Å²) in [6.07, 6.45) is 0. The second kappa shape index (κ2) is 3.95. The van der Waals surface area contributed by atoms with Crippen molar-refractivity contribution in [3.8, 4) is 0 Å². The lowest BCUT2D eigenvalue weighted by Crippen LogP contribution is -1.98. The van der Waals surface area contributed by atoms with Crippen molar-refractivity contribution in [3.05, 3.63) is 19.3 Å². The molecule has 0 unspecified atom stereocenters. The first-order valence-electron chi connectivity index (χ1n) is 3.80. The van der Waals surface area contributed by atoms with Gasteiger partial charge in [0.05, 0.1) is 8.47 Å². The predicted molar refractivity (Wildman–Crippen MR) is 65.4 cm³/mol. The predicted octanol–water partition coefficient (Wildman–Crippen LogP) is 4.18. The van der Waals surface area contributed by atoms with Gasteiger partial charge in [-0.05, 0) is 5.92 Å². The molecule has 0 aromatic heterocycles.